The number of alkyl halides is 1. The Morgan fingerprint density at radius 1 is 1.28 bits per heavy atom. The SMILES string of the molecule is O=C(CCl)N1CCN(c2ccc(Cl)c([OH2+])c2)CC1. The fourth-order valence-corrected chi connectivity index (χ4v) is 2.30. The Hall–Kier alpha value is -1.13. The average molecular weight is 290 g/mol. The third-order valence-corrected chi connectivity index (χ3v) is 3.62. The molecule has 6 heteroatoms. The Morgan fingerprint density at radius 2 is 1.94 bits per heavy atom. The summed E-state index contributed by atoms with van der Waals surface area (Å²) in [5, 5.41) is 8.13. The van der Waals surface area contributed by atoms with Crippen LogP contribution >= 0.6 is 23.2 Å². The predicted octanol–water partition coefficient (Wildman–Crippen LogP) is 1.67. The van der Waals surface area contributed by atoms with E-state index in [4.69, 9.17) is 28.3 Å². The normalized spacial score (nSPS) is 15.9. The van der Waals surface area contributed by atoms with Gasteiger partial charge in [0.15, 0.2) is 0 Å². The van der Waals surface area contributed by atoms with E-state index in [-0.39, 0.29) is 11.8 Å². The van der Waals surface area contributed by atoms with Crippen molar-refractivity contribution in [1.29, 1.82) is 0 Å². The molecule has 0 aromatic heterocycles. The van der Waals surface area contributed by atoms with Crippen molar-refractivity contribution < 1.29 is 9.90 Å². The van der Waals surface area contributed by atoms with Gasteiger partial charge in [-0.2, -0.15) is 0 Å². The topological polar surface area (TPSA) is 46.5 Å². The van der Waals surface area contributed by atoms with Crippen LogP contribution in [0.5, 0.6) is 5.75 Å². The maximum atomic E-state index is 11.4. The number of nitrogens with zero attached hydrogens (tertiary/aromatic N) is 2. The van der Waals surface area contributed by atoms with Crippen LogP contribution in [0.3, 0.4) is 0 Å². The van der Waals surface area contributed by atoms with E-state index >= 15 is 0 Å². The molecule has 1 aromatic carbocycles. The summed E-state index contributed by atoms with van der Waals surface area (Å²) < 4.78 is 0. The average Bonchev–Trinajstić information content (AvgIpc) is 2.41. The molecule has 1 amide bonds. The van der Waals surface area contributed by atoms with E-state index in [1.54, 1.807) is 17.0 Å². The van der Waals surface area contributed by atoms with E-state index < -0.39 is 0 Å². The molecule has 18 heavy (non-hydrogen) atoms. The van der Waals surface area contributed by atoms with Crippen LogP contribution in [0.15, 0.2) is 18.2 Å². The summed E-state index contributed by atoms with van der Waals surface area (Å²) >= 11 is 11.4. The molecule has 0 unspecified atom stereocenters. The maximum absolute atomic E-state index is 11.4. The van der Waals surface area contributed by atoms with Crippen LogP contribution in [0.1, 0.15) is 0 Å². The summed E-state index contributed by atoms with van der Waals surface area (Å²) in [6, 6.07) is 5.39. The highest BCUT2D eigenvalue weighted by molar-refractivity contribution is 6.32. The van der Waals surface area contributed by atoms with Gasteiger partial charge < -0.3 is 14.9 Å². The second-order valence-corrected chi connectivity index (χ2v) is 4.84. The number of hydrogen-bond acceptors (Lipinski definition) is 2. The molecule has 98 valence electrons. The molecule has 2 rings (SSSR count). The summed E-state index contributed by atoms with van der Waals surface area (Å²) in [4.78, 5) is 15.3. The van der Waals surface area contributed by atoms with Gasteiger partial charge in [-0.3, -0.25) is 4.79 Å². The highest BCUT2D eigenvalue weighted by atomic mass is 35.5. The molecule has 1 heterocycles. The molecule has 1 saturated heterocycles. The van der Waals surface area contributed by atoms with Crippen LogP contribution < -0.4 is 4.90 Å². The molecule has 0 spiro atoms. The zero-order valence-electron chi connectivity index (χ0n) is 9.83. The van der Waals surface area contributed by atoms with Crippen molar-refractivity contribution in [1.82, 2.24) is 4.90 Å². The number of piperazine rings is 1. The molecule has 0 aliphatic carbocycles. The largest absolute Gasteiger partial charge is 0.592 e. The fraction of sp³-hybridized carbons (Fsp3) is 0.417. The Kier molecular flexibility index (Phi) is 4.19. The zero-order chi connectivity index (χ0) is 13.1. The van der Waals surface area contributed by atoms with Crippen LogP contribution in [0.25, 0.3) is 0 Å². The fourth-order valence-electron chi connectivity index (χ4n) is 2.01. The Morgan fingerprint density at radius 3 is 2.50 bits per heavy atom. The van der Waals surface area contributed by atoms with Gasteiger partial charge in [-0.1, -0.05) is 11.6 Å². The third kappa shape index (κ3) is 2.82. The highest BCUT2D eigenvalue weighted by Gasteiger charge is 2.21. The minimum absolute atomic E-state index is 0.0198. The highest BCUT2D eigenvalue weighted by Crippen LogP contribution is 2.28. The van der Waals surface area contributed by atoms with E-state index in [2.05, 4.69) is 4.90 Å². The first kappa shape index (κ1) is 13.3. The van der Waals surface area contributed by atoms with E-state index in [0.29, 0.717) is 23.9 Å². The number of amides is 1. The smallest absolute Gasteiger partial charge is 0.274 e. The van der Waals surface area contributed by atoms with Crippen LogP contribution in [-0.2, 0) is 4.79 Å². The number of carbonyl (C=O) groups is 1. The summed E-state index contributed by atoms with van der Waals surface area (Å²) in [7, 11) is 0. The van der Waals surface area contributed by atoms with Gasteiger partial charge in [0, 0.05) is 31.9 Å². The Balaban J connectivity index is 2.01. The molecular weight excluding hydrogens is 275 g/mol. The van der Waals surface area contributed by atoms with Gasteiger partial charge in [0.1, 0.15) is 10.9 Å². The minimum atomic E-state index is -0.0198. The van der Waals surface area contributed by atoms with Gasteiger partial charge in [0.05, 0.1) is 6.07 Å². The zero-order valence-corrected chi connectivity index (χ0v) is 11.3. The lowest BCUT2D eigenvalue weighted by Crippen LogP contribution is -2.49. The monoisotopic (exact) mass is 289 g/mol. The summed E-state index contributed by atoms with van der Waals surface area (Å²) in [5.41, 5.74) is 0.974. The molecule has 0 radical (unpaired) electrons. The molecular formula is C12H15Cl2N2O2+. The lowest BCUT2D eigenvalue weighted by atomic mass is 10.2. The van der Waals surface area contributed by atoms with Crippen molar-refractivity contribution in [2.24, 2.45) is 0 Å². The van der Waals surface area contributed by atoms with Crippen LogP contribution in [0.2, 0.25) is 5.02 Å². The van der Waals surface area contributed by atoms with Crippen LogP contribution in [0.4, 0.5) is 5.69 Å². The first-order valence-electron chi connectivity index (χ1n) is 5.71. The second-order valence-electron chi connectivity index (χ2n) is 4.17. The molecule has 0 saturated carbocycles. The van der Waals surface area contributed by atoms with Gasteiger partial charge >= 0.3 is 0 Å². The Labute approximate surface area is 116 Å². The van der Waals surface area contributed by atoms with Crippen molar-refractivity contribution in [2.45, 2.75) is 0 Å². The van der Waals surface area contributed by atoms with Crippen LogP contribution in [0, 0.1) is 0 Å². The van der Waals surface area contributed by atoms with Gasteiger partial charge in [-0.25, -0.2) is 0 Å². The van der Waals surface area contributed by atoms with E-state index in [1.165, 1.54) is 0 Å². The molecule has 0 atom stereocenters. The lowest BCUT2D eigenvalue weighted by molar-refractivity contribution is -0.128. The van der Waals surface area contributed by atoms with Gasteiger partial charge in [-0.05, 0) is 12.1 Å². The molecule has 1 aromatic rings. The molecule has 0 bridgehead atoms. The van der Waals surface area contributed by atoms with Crippen molar-refractivity contribution >= 4 is 34.8 Å². The summed E-state index contributed by atoms with van der Waals surface area (Å²) in [6.07, 6.45) is 0. The minimum Gasteiger partial charge on any atom is -0.592 e. The Bertz CT molecular complexity index is 446. The standard InChI is InChI=1S/C12H14Cl2N2O2/c13-8-12(18)16-5-3-15(4-6-16)9-1-2-10(14)11(17)7-9/h1-2,7,17H,3-6,8H2/p+1. The number of carbonyl (C=O) groups excluding carboxylic acids is 1. The first-order valence-corrected chi connectivity index (χ1v) is 6.63. The predicted molar refractivity (Wildman–Crippen MR) is 74.0 cm³/mol. The second kappa shape index (κ2) is 5.67. The number of benzene rings is 1. The molecule has 1 aliphatic heterocycles. The van der Waals surface area contributed by atoms with Crippen molar-refractivity contribution in [3.63, 3.8) is 0 Å². The van der Waals surface area contributed by atoms with E-state index in [9.17, 15) is 4.79 Å². The summed E-state index contributed by atoms with van der Waals surface area (Å²) in [5.74, 6) is 0.347. The molecule has 1 aliphatic rings. The molecule has 1 fully saturated rings. The number of hydrogen-bond donors (Lipinski definition) is 0. The van der Waals surface area contributed by atoms with Crippen molar-refractivity contribution in [3.05, 3.63) is 23.2 Å². The van der Waals surface area contributed by atoms with Gasteiger partial charge in [0.25, 0.3) is 5.75 Å². The molecule has 2 N–H and O–H groups in total. The van der Waals surface area contributed by atoms with E-state index in [0.717, 1.165) is 18.8 Å². The number of anilines is 1. The third-order valence-electron chi connectivity index (χ3n) is 3.06. The number of rotatable bonds is 2. The maximum Gasteiger partial charge on any atom is 0.274 e. The summed E-state index contributed by atoms with van der Waals surface area (Å²) in [6.45, 7) is 2.84. The lowest BCUT2D eigenvalue weighted by Gasteiger charge is -2.35. The number of halogens is 2. The van der Waals surface area contributed by atoms with Crippen molar-refractivity contribution in [3.8, 4) is 5.75 Å². The molecule has 4 nitrogen and oxygen atoms in total. The van der Waals surface area contributed by atoms with Crippen molar-refractivity contribution in [2.75, 3.05) is 37.0 Å². The quantitative estimate of drug-likeness (QED) is 0.614. The van der Waals surface area contributed by atoms with Crippen LogP contribution in [-0.4, -0.2) is 48.0 Å². The van der Waals surface area contributed by atoms with E-state index in [1.807, 2.05) is 6.07 Å². The first-order chi connectivity index (χ1) is 8.61. The van der Waals surface area contributed by atoms with Gasteiger partial charge in [0.2, 0.25) is 5.91 Å². The van der Waals surface area contributed by atoms with Gasteiger partial charge in [-0.15, -0.1) is 11.6 Å².